The van der Waals surface area contributed by atoms with E-state index in [1.165, 1.54) is 4.31 Å². The topological polar surface area (TPSA) is 81.2 Å². The van der Waals surface area contributed by atoms with E-state index in [9.17, 15) is 8.42 Å². The van der Waals surface area contributed by atoms with Crippen LogP contribution in [0.5, 0.6) is 0 Å². The Morgan fingerprint density at radius 2 is 2.04 bits per heavy atom. The van der Waals surface area contributed by atoms with Gasteiger partial charge in [-0.25, -0.2) is 17.7 Å². The molecule has 144 valence electrons. The Morgan fingerprint density at radius 3 is 2.70 bits per heavy atom. The summed E-state index contributed by atoms with van der Waals surface area (Å²) in [6.45, 7) is 5.93. The molecule has 0 aliphatic heterocycles. The third kappa shape index (κ3) is 3.78. The molecule has 0 saturated heterocycles. The third-order valence-corrected chi connectivity index (χ3v) is 6.78. The Kier molecular flexibility index (Phi) is 5.41. The van der Waals surface area contributed by atoms with Gasteiger partial charge in [-0.05, 0) is 32.0 Å². The molecule has 0 unspecified atom stereocenters. The van der Waals surface area contributed by atoms with Crippen LogP contribution in [-0.2, 0) is 16.6 Å². The minimum atomic E-state index is -3.57. The Hall–Kier alpha value is -2.16. The zero-order chi connectivity index (χ0) is 19.8. The first-order valence-electron chi connectivity index (χ1n) is 8.44. The van der Waals surface area contributed by atoms with Crippen LogP contribution in [0.15, 0.2) is 39.8 Å². The molecule has 0 radical (unpaired) electrons. The van der Waals surface area contributed by atoms with Crippen molar-refractivity contribution in [3.63, 3.8) is 0 Å². The number of aryl methyl sites for hydroxylation is 1. The van der Waals surface area contributed by atoms with Crippen LogP contribution >= 0.6 is 11.6 Å². The van der Waals surface area contributed by atoms with E-state index < -0.39 is 10.0 Å². The summed E-state index contributed by atoms with van der Waals surface area (Å²) in [7, 11) is -2.02. The molecule has 0 fully saturated rings. The lowest BCUT2D eigenvalue weighted by atomic mass is 10.2. The first-order chi connectivity index (χ1) is 12.7. The molecule has 27 heavy (non-hydrogen) atoms. The number of hydrogen-bond donors (Lipinski definition) is 0. The Bertz CT molecular complexity index is 1070. The van der Waals surface area contributed by atoms with Gasteiger partial charge in [0.2, 0.25) is 15.9 Å². The fourth-order valence-electron chi connectivity index (χ4n) is 2.82. The summed E-state index contributed by atoms with van der Waals surface area (Å²) in [6.07, 6.45) is 1.54. The molecule has 0 amide bonds. The zero-order valence-electron chi connectivity index (χ0n) is 15.6. The Labute approximate surface area is 163 Å². The number of nitrogens with zero attached hydrogens (tertiary/aromatic N) is 4. The summed E-state index contributed by atoms with van der Waals surface area (Å²) in [4.78, 5) is 4.71. The molecule has 7 nitrogen and oxygen atoms in total. The van der Waals surface area contributed by atoms with Crippen LogP contribution < -0.4 is 0 Å². The Balaban J connectivity index is 1.91. The van der Waals surface area contributed by atoms with Gasteiger partial charge in [0.25, 0.3) is 0 Å². The van der Waals surface area contributed by atoms with Crippen molar-refractivity contribution in [2.24, 2.45) is 0 Å². The molecular weight excluding hydrogens is 388 g/mol. The number of rotatable bonds is 6. The second-order valence-electron chi connectivity index (χ2n) is 6.23. The van der Waals surface area contributed by atoms with Gasteiger partial charge in [0.1, 0.15) is 16.9 Å². The summed E-state index contributed by atoms with van der Waals surface area (Å²) in [5, 5.41) is 4.99. The fourth-order valence-corrected chi connectivity index (χ4v) is 4.56. The van der Waals surface area contributed by atoms with Crippen LogP contribution in [0.2, 0.25) is 5.02 Å². The average molecular weight is 409 g/mol. The maximum absolute atomic E-state index is 12.7. The highest BCUT2D eigenvalue weighted by molar-refractivity contribution is 7.89. The number of aromatic nitrogens is 3. The first-order valence-corrected chi connectivity index (χ1v) is 10.3. The summed E-state index contributed by atoms with van der Waals surface area (Å²) in [6, 6.07) is 7.23. The van der Waals surface area contributed by atoms with Gasteiger partial charge in [-0.1, -0.05) is 24.6 Å². The number of benzene rings is 1. The highest BCUT2D eigenvalue weighted by atomic mass is 35.5. The van der Waals surface area contributed by atoms with E-state index in [-0.39, 0.29) is 4.90 Å². The van der Waals surface area contributed by atoms with Gasteiger partial charge < -0.3 is 4.42 Å². The van der Waals surface area contributed by atoms with E-state index >= 15 is 0 Å². The van der Waals surface area contributed by atoms with E-state index in [0.717, 1.165) is 5.56 Å². The van der Waals surface area contributed by atoms with E-state index in [1.807, 2.05) is 12.1 Å². The van der Waals surface area contributed by atoms with Gasteiger partial charge in [-0.3, -0.25) is 4.68 Å². The van der Waals surface area contributed by atoms with Gasteiger partial charge in [0, 0.05) is 24.2 Å². The van der Waals surface area contributed by atoms with Gasteiger partial charge >= 0.3 is 0 Å². The molecule has 0 saturated carbocycles. The standard InChI is InChI=1S/C18H21ClN4O3S/c1-5-22(4)27(24,25)17-12(2)21-23(13(17)3)10-16-11-26-18(20-16)14-7-6-8-15(19)9-14/h6-9,11H,5,10H2,1-4H3. The molecule has 3 aromatic rings. The molecular formula is C18H21ClN4O3S. The van der Waals surface area contributed by atoms with Crippen LogP contribution in [0, 0.1) is 13.8 Å². The molecule has 9 heteroatoms. The molecule has 2 aromatic heterocycles. The van der Waals surface area contributed by atoms with Crippen molar-refractivity contribution >= 4 is 21.6 Å². The molecule has 2 heterocycles. The molecule has 0 N–H and O–H groups in total. The summed E-state index contributed by atoms with van der Waals surface area (Å²) >= 11 is 6.01. The smallest absolute Gasteiger partial charge is 0.246 e. The van der Waals surface area contributed by atoms with Crippen LogP contribution in [0.25, 0.3) is 11.5 Å². The molecule has 0 bridgehead atoms. The van der Waals surface area contributed by atoms with E-state index in [2.05, 4.69) is 10.1 Å². The Morgan fingerprint density at radius 1 is 1.30 bits per heavy atom. The highest BCUT2D eigenvalue weighted by Crippen LogP contribution is 2.25. The van der Waals surface area contributed by atoms with Crippen molar-refractivity contribution in [3.05, 3.63) is 52.6 Å². The second-order valence-corrected chi connectivity index (χ2v) is 8.65. The summed E-state index contributed by atoms with van der Waals surface area (Å²) in [5.41, 5.74) is 2.45. The largest absolute Gasteiger partial charge is 0.444 e. The third-order valence-electron chi connectivity index (χ3n) is 4.36. The summed E-state index contributed by atoms with van der Waals surface area (Å²) in [5.74, 6) is 0.451. The van der Waals surface area contributed by atoms with Crippen molar-refractivity contribution in [1.29, 1.82) is 0 Å². The lowest BCUT2D eigenvalue weighted by molar-refractivity contribution is 0.485. The average Bonchev–Trinajstić information content (AvgIpc) is 3.19. The van der Waals surface area contributed by atoms with E-state index in [4.69, 9.17) is 16.0 Å². The lowest BCUT2D eigenvalue weighted by Gasteiger charge is -2.15. The summed E-state index contributed by atoms with van der Waals surface area (Å²) < 4.78 is 33.9. The van der Waals surface area contributed by atoms with Crippen molar-refractivity contribution in [2.75, 3.05) is 13.6 Å². The molecule has 0 aliphatic rings. The minimum absolute atomic E-state index is 0.241. The highest BCUT2D eigenvalue weighted by Gasteiger charge is 2.28. The van der Waals surface area contributed by atoms with Crippen molar-refractivity contribution in [1.82, 2.24) is 19.1 Å². The number of halogens is 1. The van der Waals surface area contributed by atoms with E-state index in [0.29, 0.717) is 41.1 Å². The SMILES string of the molecule is CCN(C)S(=O)(=O)c1c(C)nn(Cc2coc(-c3cccc(Cl)c3)n2)c1C. The quantitative estimate of drug-likeness (QED) is 0.623. The van der Waals surface area contributed by atoms with Crippen LogP contribution in [0.3, 0.4) is 0 Å². The normalized spacial score (nSPS) is 12.1. The molecule has 0 atom stereocenters. The first kappa shape index (κ1) is 19.6. The van der Waals surface area contributed by atoms with Gasteiger partial charge in [-0.15, -0.1) is 0 Å². The van der Waals surface area contributed by atoms with Gasteiger partial charge in [0.05, 0.1) is 17.9 Å². The minimum Gasteiger partial charge on any atom is -0.444 e. The van der Waals surface area contributed by atoms with Crippen molar-refractivity contribution < 1.29 is 12.8 Å². The van der Waals surface area contributed by atoms with Crippen LogP contribution in [0.1, 0.15) is 24.0 Å². The maximum Gasteiger partial charge on any atom is 0.246 e. The maximum atomic E-state index is 12.7. The zero-order valence-corrected chi connectivity index (χ0v) is 17.2. The van der Waals surface area contributed by atoms with Gasteiger partial charge in [-0.2, -0.15) is 5.10 Å². The monoisotopic (exact) mass is 408 g/mol. The lowest BCUT2D eigenvalue weighted by Crippen LogP contribution is -2.27. The number of oxazole rings is 1. The number of sulfonamides is 1. The van der Waals surface area contributed by atoms with Crippen molar-refractivity contribution in [3.8, 4) is 11.5 Å². The molecule has 0 spiro atoms. The van der Waals surface area contributed by atoms with E-state index in [1.54, 1.807) is 50.9 Å². The van der Waals surface area contributed by atoms with Crippen LogP contribution in [-0.4, -0.2) is 41.1 Å². The second kappa shape index (κ2) is 7.46. The fraction of sp³-hybridized carbons (Fsp3) is 0.333. The van der Waals surface area contributed by atoms with Gasteiger partial charge in [0.15, 0.2) is 0 Å². The van der Waals surface area contributed by atoms with Crippen molar-refractivity contribution in [2.45, 2.75) is 32.2 Å². The predicted octanol–water partition coefficient (Wildman–Crippen LogP) is 3.50. The molecule has 3 rings (SSSR count). The molecule has 0 aliphatic carbocycles. The van der Waals surface area contributed by atoms with Crippen LogP contribution in [0.4, 0.5) is 0 Å². The predicted molar refractivity (Wildman–Crippen MR) is 103 cm³/mol. The molecule has 1 aromatic carbocycles. The number of hydrogen-bond acceptors (Lipinski definition) is 5.